The van der Waals surface area contributed by atoms with E-state index in [2.05, 4.69) is 15.6 Å². The summed E-state index contributed by atoms with van der Waals surface area (Å²) >= 11 is 13.3. The molecule has 1 atom stereocenters. The number of thiazole rings is 1. The van der Waals surface area contributed by atoms with Crippen LogP contribution in [-0.4, -0.2) is 54.5 Å². The lowest BCUT2D eigenvalue weighted by molar-refractivity contribution is -0.121. The van der Waals surface area contributed by atoms with Crippen LogP contribution in [0.25, 0.3) is 0 Å². The molecular formula is C20H26Cl2N4O3S. The molecule has 0 bridgehead atoms. The SMILES string of the molecule is CCC(C)NC(=O)CCN(CCOC)C(=O)c1csc(Nc2ccc(Cl)c(Cl)c2)n1. The Morgan fingerprint density at radius 1 is 1.27 bits per heavy atom. The van der Waals surface area contributed by atoms with Crippen LogP contribution in [0.1, 0.15) is 37.2 Å². The molecule has 1 aromatic heterocycles. The summed E-state index contributed by atoms with van der Waals surface area (Å²) in [5.41, 5.74) is 1.02. The van der Waals surface area contributed by atoms with Crippen molar-refractivity contribution in [3.05, 3.63) is 39.3 Å². The molecule has 30 heavy (non-hydrogen) atoms. The summed E-state index contributed by atoms with van der Waals surface area (Å²) in [6.07, 6.45) is 1.07. The fourth-order valence-corrected chi connectivity index (χ4v) is 3.49. The number of nitrogens with zero attached hydrogens (tertiary/aromatic N) is 2. The Hall–Kier alpha value is -1.87. The Morgan fingerprint density at radius 2 is 2.03 bits per heavy atom. The van der Waals surface area contributed by atoms with E-state index in [1.165, 1.54) is 11.3 Å². The standard InChI is InChI=1S/C20H26Cl2N4O3S/c1-4-13(2)23-18(27)7-8-26(9-10-29-3)19(28)17-12-30-20(25-17)24-14-5-6-15(21)16(22)11-14/h5-6,11-13H,4,7-10H2,1-3H3,(H,23,27)(H,24,25). The normalized spacial score (nSPS) is 11.8. The van der Waals surface area contributed by atoms with Gasteiger partial charge in [0.15, 0.2) is 5.13 Å². The van der Waals surface area contributed by atoms with Crippen LogP contribution in [0, 0.1) is 0 Å². The second-order valence-corrected chi connectivity index (χ2v) is 8.38. The van der Waals surface area contributed by atoms with Gasteiger partial charge in [-0.3, -0.25) is 9.59 Å². The fourth-order valence-electron chi connectivity index (χ4n) is 2.49. The van der Waals surface area contributed by atoms with Crippen molar-refractivity contribution in [2.45, 2.75) is 32.7 Å². The maximum atomic E-state index is 12.9. The van der Waals surface area contributed by atoms with Crippen LogP contribution in [0.5, 0.6) is 0 Å². The topological polar surface area (TPSA) is 83.6 Å². The zero-order valence-corrected chi connectivity index (χ0v) is 19.5. The molecule has 164 valence electrons. The molecule has 10 heteroatoms. The van der Waals surface area contributed by atoms with E-state index in [1.54, 1.807) is 35.6 Å². The van der Waals surface area contributed by atoms with Crippen molar-refractivity contribution in [3.8, 4) is 0 Å². The molecule has 1 unspecified atom stereocenters. The van der Waals surface area contributed by atoms with Gasteiger partial charge in [-0.15, -0.1) is 11.3 Å². The summed E-state index contributed by atoms with van der Waals surface area (Å²) in [6, 6.07) is 5.25. The molecule has 0 aliphatic carbocycles. The van der Waals surface area contributed by atoms with E-state index in [0.717, 1.165) is 12.1 Å². The first-order valence-corrected chi connectivity index (χ1v) is 11.2. The molecule has 0 spiro atoms. The van der Waals surface area contributed by atoms with Crippen LogP contribution in [0.4, 0.5) is 10.8 Å². The first-order valence-electron chi connectivity index (χ1n) is 9.59. The Morgan fingerprint density at radius 3 is 2.70 bits per heavy atom. The van der Waals surface area contributed by atoms with Crippen molar-refractivity contribution in [3.63, 3.8) is 0 Å². The summed E-state index contributed by atoms with van der Waals surface area (Å²) in [5, 5.41) is 9.14. The van der Waals surface area contributed by atoms with Crippen molar-refractivity contribution in [2.24, 2.45) is 0 Å². The zero-order valence-electron chi connectivity index (χ0n) is 17.2. The highest BCUT2D eigenvalue weighted by Gasteiger charge is 2.20. The highest BCUT2D eigenvalue weighted by atomic mass is 35.5. The molecule has 1 heterocycles. The van der Waals surface area contributed by atoms with Gasteiger partial charge in [-0.25, -0.2) is 4.98 Å². The van der Waals surface area contributed by atoms with E-state index in [0.29, 0.717) is 34.0 Å². The van der Waals surface area contributed by atoms with Crippen molar-refractivity contribution in [1.82, 2.24) is 15.2 Å². The minimum absolute atomic E-state index is 0.0835. The quantitative estimate of drug-likeness (QED) is 0.499. The largest absolute Gasteiger partial charge is 0.383 e. The van der Waals surface area contributed by atoms with Gasteiger partial charge < -0.3 is 20.3 Å². The number of benzene rings is 1. The summed E-state index contributed by atoms with van der Waals surface area (Å²) < 4.78 is 5.10. The highest BCUT2D eigenvalue weighted by Crippen LogP contribution is 2.28. The molecule has 0 radical (unpaired) electrons. The molecule has 0 aliphatic rings. The van der Waals surface area contributed by atoms with Gasteiger partial charge in [0.1, 0.15) is 5.69 Å². The van der Waals surface area contributed by atoms with Gasteiger partial charge >= 0.3 is 0 Å². The molecule has 0 aliphatic heterocycles. The molecule has 7 nitrogen and oxygen atoms in total. The molecule has 2 rings (SSSR count). The van der Waals surface area contributed by atoms with E-state index in [9.17, 15) is 9.59 Å². The number of carbonyl (C=O) groups excluding carboxylic acids is 2. The van der Waals surface area contributed by atoms with E-state index in [1.807, 2.05) is 13.8 Å². The molecule has 2 amide bonds. The van der Waals surface area contributed by atoms with Crippen LogP contribution in [0.15, 0.2) is 23.6 Å². The van der Waals surface area contributed by atoms with Gasteiger partial charge in [0.05, 0.1) is 16.7 Å². The number of rotatable bonds is 11. The second kappa shape index (κ2) is 12.1. The van der Waals surface area contributed by atoms with Crippen LogP contribution < -0.4 is 10.6 Å². The number of nitrogens with one attached hydrogen (secondary N) is 2. The number of aromatic nitrogens is 1. The van der Waals surface area contributed by atoms with Gasteiger partial charge in [0.2, 0.25) is 5.91 Å². The third-order valence-corrected chi connectivity index (χ3v) is 5.87. The smallest absolute Gasteiger partial charge is 0.273 e. The van der Waals surface area contributed by atoms with Gasteiger partial charge in [-0.2, -0.15) is 0 Å². The predicted octanol–water partition coefficient (Wildman–Crippen LogP) is 4.59. The van der Waals surface area contributed by atoms with Gasteiger partial charge in [-0.05, 0) is 31.5 Å². The summed E-state index contributed by atoms with van der Waals surface area (Å²) in [4.78, 5) is 31.0. The molecular weight excluding hydrogens is 447 g/mol. The lowest BCUT2D eigenvalue weighted by atomic mass is 10.2. The van der Waals surface area contributed by atoms with Crippen LogP contribution in [0.2, 0.25) is 10.0 Å². The third kappa shape index (κ3) is 7.43. The highest BCUT2D eigenvalue weighted by molar-refractivity contribution is 7.14. The lowest BCUT2D eigenvalue weighted by Gasteiger charge is -2.21. The third-order valence-electron chi connectivity index (χ3n) is 4.38. The van der Waals surface area contributed by atoms with Gasteiger partial charge in [0, 0.05) is 43.7 Å². The Kier molecular flexibility index (Phi) is 9.84. The lowest BCUT2D eigenvalue weighted by Crippen LogP contribution is -2.39. The maximum Gasteiger partial charge on any atom is 0.273 e. The van der Waals surface area contributed by atoms with E-state index in [-0.39, 0.29) is 30.8 Å². The van der Waals surface area contributed by atoms with E-state index < -0.39 is 0 Å². The van der Waals surface area contributed by atoms with Crippen LogP contribution in [-0.2, 0) is 9.53 Å². The maximum absolute atomic E-state index is 12.9. The summed E-state index contributed by atoms with van der Waals surface area (Å²) in [6.45, 7) is 4.99. The molecule has 2 aromatic rings. The Balaban J connectivity index is 2.02. The first-order chi connectivity index (χ1) is 14.3. The van der Waals surface area contributed by atoms with Crippen molar-refractivity contribution in [2.75, 3.05) is 32.1 Å². The minimum Gasteiger partial charge on any atom is -0.383 e. The summed E-state index contributed by atoms with van der Waals surface area (Å²) in [5.74, 6) is -0.332. The second-order valence-electron chi connectivity index (χ2n) is 6.70. The zero-order chi connectivity index (χ0) is 22.1. The average molecular weight is 473 g/mol. The molecule has 0 saturated heterocycles. The van der Waals surface area contributed by atoms with E-state index in [4.69, 9.17) is 27.9 Å². The first kappa shape index (κ1) is 24.4. The van der Waals surface area contributed by atoms with Crippen molar-refractivity contribution < 1.29 is 14.3 Å². The van der Waals surface area contributed by atoms with Crippen molar-refractivity contribution in [1.29, 1.82) is 0 Å². The number of methoxy groups -OCH3 is 1. The predicted molar refractivity (Wildman–Crippen MR) is 122 cm³/mol. The minimum atomic E-state index is -0.248. The number of amides is 2. The number of anilines is 2. The number of ether oxygens (including phenoxy) is 1. The Labute approximate surface area is 190 Å². The van der Waals surface area contributed by atoms with Crippen molar-refractivity contribution >= 4 is 57.2 Å². The number of carbonyl (C=O) groups is 2. The summed E-state index contributed by atoms with van der Waals surface area (Å²) in [7, 11) is 1.57. The Bertz CT molecular complexity index is 862. The molecule has 2 N–H and O–H groups in total. The molecule has 0 fully saturated rings. The fraction of sp³-hybridized carbons (Fsp3) is 0.450. The van der Waals surface area contributed by atoms with E-state index >= 15 is 0 Å². The number of hydrogen-bond acceptors (Lipinski definition) is 6. The average Bonchev–Trinajstić information content (AvgIpc) is 3.18. The van der Waals surface area contributed by atoms with Crippen LogP contribution in [0.3, 0.4) is 0 Å². The number of hydrogen-bond donors (Lipinski definition) is 2. The number of halogens is 2. The van der Waals surface area contributed by atoms with Crippen LogP contribution >= 0.6 is 34.5 Å². The molecule has 1 aromatic carbocycles. The van der Waals surface area contributed by atoms with Gasteiger partial charge in [0.25, 0.3) is 5.91 Å². The monoisotopic (exact) mass is 472 g/mol. The molecule has 0 saturated carbocycles. The van der Waals surface area contributed by atoms with Gasteiger partial charge in [-0.1, -0.05) is 30.1 Å².